The smallest absolute Gasteiger partial charge is 0.0715 e. The van der Waals surface area contributed by atoms with Crippen molar-refractivity contribution in [1.29, 1.82) is 0 Å². The van der Waals surface area contributed by atoms with Crippen molar-refractivity contribution in [3.05, 3.63) is 255 Å². The molecule has 4 nitrogen and oxygen atoms in total. The van der Waals surface area contributed by atoms with E-state index >= 15 is 0 Å². The van der Waals surface area contributed by atoms with E-state index in [1.165, 1.54) is 65.4 Å². The lowest BCUT2D eigenvalue weighted by Gasteiger charge is -2.16. The van der Waals surface area contributed by atoms with Gasteiger partial charge in [-0.15, -0.1) is 0 Å². The average molecular weight is 879 g/mol. The number of para-hydroxylation sites is 6. The molecule has 4 heterocycles. The summed E-state index contributed by atoms with van der Waals surface area (Å²) < 4.78 is 7.21. The molecule has 69 heavy (non-hydrogen) atoms. The number of rotatable bonds is 7. The highest BCUT2D eigenvalue weighted by Gasteiger charge is 2.18. The first kappa shape index (κ1) is 39.0. The Morgan fingerprint density at radius 3 is 0.884 bits per heavy atom. The van der Waals surface area contributed by atoms with Crippen LogP contribution in [0.4, 0.5) is 0 Å². The molecule has 14 rings (SSSR count). The van der Waals surface area contributed by atoms with Gasteiger partial charge in [0.25, 0.3) is 0 Å². The highest BCUT2D eigenvalue weighted by molar-refractivity contribution is 6.11. The second-order valence-corrected chi connectivity index (χ2v) is 18.0. The molecule has 0 atom stereocenters. The zero-order chi connectivity index (χ0) is 45.4. The van der Waals surface area contributed by atoms with Crippen LogP contribution in [0.15, 0.2) is 255 Å². The van der Waals surface area contributed by atoms with E-state index in [9.17, 15) is 0 Å². The highest BCUT2D eigenvalue weighted by atomic mass is 15.0. The molecule has 0 aliphatic heterocycles. The van der Waals surface area contributed by atoms with Gasteiger partial charge in [-0.2, -0.15) is 0 Å². The number of hydrogen-bond acceptors (Lipinski definition) is 1. The van der Waals surface area contributed by atoms with Crippen molar-refractivity contribution < 1.29 is 0 Å². The van der Waals surface area contributed by atoms with Gasteiger partial charge in [-0.1, -0.05) is 176 Å². The van der Waals surface area contributed by atoms with Crippen LogP contribution >= 0.6 is 0 Å². The fraction of sp³-hybridized carbons (Fsp3) is 0. The van der Waals surface area contributed by atoms with Gasteiger partial charge in [0.2, 0.25) is 0 Å². The maximum atomic E-state index is 5.39. The van der Waals surface area contributed by atoms with E-state index in [0.29, 0.717) is 0 Å². The van der Waals surface area contributed by atoms with Crippen molar-refractivity contribution in [2.45, 2.75) is 0 Å². The van der Waals surface area contributed by atoms with Gasteiger partial charge in [-0.05, 0) is 101 Å². The molecular formula is C65H42N4. The van der Waals surface area contributed by atoms with Crippen molar-refractivity contribution in [3.63, 3.8) is 0 Å². The van der Waals surface area contributed by atoms with E-state index in [-0.39, 0.29) is 0 Å². The fourth-order valence-electron chi connectivity index (χ4n) is 10.9. The molecule has 10 aromatic carbocycles. The first-order valence-electron chi connectivity index (χ1n) is 23.6. The zero-order valence-corrected chi connectivity index (χ0v) is 37.5. The van der Waals surface area contributed by atoms with Gasteiger partial charge < -0.3 is 13.7 Å². The molecule has 14 aromatic rings. The SMILES string of the molecule is c1ccc(-c2cc(-c3ccc(-c4cc(-n5c6ccccc6c6ccccc65)cc(-n5c6ccccc6c6ccccc65)c4)cc3)nc(-c3ccc(-n4c5ccccc5c5ccccc54)cc3)c2)cc1. The Labute approximate surface area is 398 Å². The van der Waals surface area contributed by atoms with Gasteiger partial charge in [-0.3, -0.25) is 0 Å². The van der Waals surface area contributed by atoms with Crippen LogP contribution in [-0.4, -0.2) is 18.7 Å². The van der Waals surface area contributed by atoms with Gasteiger partial charge >= 0.3 is 0 Å². The number of fused-ring (bicyclic) bond motifs is 9. The Morgan fingerprint density at radius 2 is 0.493 bits per heavy atom. The van der Waals surface area contributed by atoms with Crippen LogP contribution in [0, 0.1) is 0 Å². The Morgan fingerprint density at radius 1 is 0.203 bits per heavy atom. The van der Waals surface area contributed by atoms with E-state index in [4.69, 9.17) is 4.98 Å². The van der Waals surface area contributed by atoms with Crippen LogP contribution in [0.3, 0.4) is 0 Å². The summed E-state index contributed by atoms with van der Waals surface area (Å²) in [5, 5.41) is 7.47. The Balaban J connectivity index is 0.904. The van der Waals surface area contributed by atoms with Crippen LogP contribution in [0.25, 0.3) is 127 Å². The summed E-state index contributed by atoms with van der Waals surface area (Å²) in [4.78, 5) is 5.39. The maximum Gasteiger partial charge on any atom is 0.0715 e. The second-order valence-electron chi connectivity index (χ2n) is 18.0. The summed E-state index contributed by atoms with van der Waals surface area (Å²) in [5.74, 6) is 0. The second kappa shape index (κ2) is 15.7. The molecule has 0 fully saturated rings. The number of benzene rings is 10. The van der Waals surface area contributed by atoms with E-state index in [1.807, 2.05) is 0 Å². The summed E-state index contributed by atoms with van der Waals surface area (Å²) in [7, 11) is 0. The molecule has 0 bridgehead atoms. The minimum atomic E-state index is 0.925. The standard InChI is InChI=1S/C65H42N4/c1-2-16-43(17-3-1)48-40-58(66-59(41-48)46-34-36-49(37-35-46)67-60-24-10-4-18-52(60)53-19-5-11-25-61(53)67)45-32-30-44(31-33-45)47-38-50(68-62-26-12-6-20-54(62)55-21-7-13-27-63(55)68)42-51(39-47)69-64-28-14-8-22-56(64)57-23-9-15-29-65(57)69/h1-42H. The van der Waals surface area contributed by atoms with Crippen LogP contribution in [-0.2, 0) is 0 Å². The fourth-order valence-corrected chi connectivity index (χ4v) is 10.9. The van der Waals surface area contributed by atoms with Crippen molar-refractivity contribution in [1.82, 2.24) is 18.7 Å². The van der Waals surface area contributed by atoms with Crippen LogP contribution in [0.5, 0.6) is 0 Å². The quantitative estimate of drug-likeness (QED) is 0.157. The molecule has 0 aliphatic carbocycles. The number of pyridine rings is 1. The van der Waals surface area contributed by atoms with Gasteiger partial charge in [0.1, 0.15) is 0 Å². The van der Waals surface area contributed by atoms with E-state index in [2.05, 4.69) is 268 Å². The zero-order valence-electron chi connectivity index (χ0n) is 37.5. The third kappa shape index (κ3) is 6.34. The normalized spacial score (nSPS) is 11.8. The predicted octanol–water partition coefficient (Wildman–Crippen LogP) is 17.0. The molecule has 0 saturated carbocycles. The molecule has 0 spiro atoms. The van der Waals surface area contributed by atoms with E-state index in [1.54, 1.807) is 0 Å². The largest absolute Gasteiger partial charge is 0.309 e. The monoisotopic (exact) mass is 878 g/mol. The minimum Gasteiger partial charge on any atom is -0.309 e. The summed E-state index contributed by atoms with van der Waals surface area (Å²) in [5.41, 5.74) is 19.0. The van der Waals surface area contributed by atoms with Crippen LogP contribution < -0.4 is 0 Å². The molecular weight excluding hydrogens is 837 g/mol. The molecule has 0 saturated heterocycles. The first-order valence-corrected chi connectivity index (χ1v) is 23.6. The number of nitrogens with zero attached hydrogens (tertiary/aromatic N) is 4. The van der Waals surface area contributed by atoms with Gasteiger partial charge in [0.05, 0.1) is 44.5 Å². The van der Waals surface area contributed by atoms with E-state index in [0.717, 1.165) is 61.8 Å². The summed E-state index contributed by atoms with van der Waals surface area (Å²) >= 11 is 0. The van der Waals surface area contributed by atoms with Crippen LogP contribution in [0.1, 0.15) is 0 Å². The summed E-state index contributed by atoms with van der Waals surface area (Å²) in [6.07, 6.45) is 0. The molecule has 0 radical (unpaired) electrons. The minimum absolute atomic E-state index is 0.925. The molecule has 0 N–H and O–H groups in total. The van der Waals surface area contributed by atoms with Crippen molar-refractivity contribution in [2.75, 3.05) is 0 Å². The van der Waals surface area contributed by atoms with Gasteiger partial charge in [-0.25, -0.2) is 4.98 Å². The third-order valence-electron chi connectivity index (χ3n) is 14.0. The topological polar surface area (TPSA) is 27.7 Å². The molecule has 0 aliphatic rings. The maximum absolute atomic E-state index is 5.39. The molecule has 0 amide bonds. The molecule has 322 valence electrons. The third-order valence-corrected chi connectivity index (χ3v) is 14.0. The van der Waals surface area contributed by atoms with Gasteiger partial charge in [0, 0.05) is 60.5 Å². The highest BCUT2D eigenvalue weighted by Crippen LogP contribution is 2.39. The lowest BCUT2D eigenvalue weighted by atomic mass is 9.98. The lowest BCUT2D eigenvalue weighted by molar-refractivity contribution is 1.13. The Hall–Kier alpha value is -9.25. The van der Waals surface area contributed by atoms with E-state index < -0.39 is 0 Å². The Kier molecular flexibility index (Phi) is 8.86. The number of aromatic nitrogens is 4. The lowest BCUT2D eigenvalue weighted by Crippen LogP contribution is -2.00. The number of hydrogen-bond donors (Lipinski definition) is 0. The van der Waals surface area contributed by atoms with Crippen LogP contribution in [0.2, 0.25) is 0 Å². The predicted molar refractivity (Wildman–Crippen MR) is 289 cm³/mol. The summed E-state index contributed by atoms with van der Waals surface area (Å²) in [6.45, 7) is 0. The van der Waals surface area contributed by atoms with Crippen molar-refractivity contribution in [2.24, 2.45) is 0 Å². The molecule has 4 heteroatoms. The molecule has 4 aromatic heterocycles. The summed E-state index contributed by atoms with van der Waals surface area (Å²) in [6, 6.07) is 92.3. The molecule has 0 unspecified atom stereocenters. The van der Waals surface area contributed by atoms with Crippen molar-refractivity contribution >= 4 is 65.4 Å². The van der Waals surface area contributed by atoms with Gasteiger partial charge in [0.15, 0.2) is 0 Å². The Bertz CT molecular complexity index is 3990. The van der Waals surface area contributed by atoms with Crippen molar-refractivity contribution in [3.8, 4) is 61.8 Å². The average Bonchev–Trinajstić information content (AvgIpc) is 4.07. The first-order chi connectivity index (χ1) is 34.2.